The van der Waals surface area contributed by atoms with E-state index in [1.165, 1.54) is 35.0 Å². The molecule has 4 nitrogen and oxygen atoms in total. The minimum Gasteiger partial charge on any atom is -0.460 e. The van der Waals surface area contributed by atoms with Crippen molar-refractivity contribution in [3.8, 4) is 0 Å². The molecule has 140 valence electrons. The summed E-state index contributed by atoms with van der Waals surface area (Å²) in [6.45, 7) is 2.03. The van der Waals surface area contributed by atoms with Crippen LogP contribution in [0, 0.1) is 0 Å². The maximum Gasteiger partial charge on any atom is 0.319 e. The van der Waals surface area contributed by atoms with Crippen molar-refractivity contribution < 1.29 is 9.53 Å². The molecule has 0 saturated heterocycles. The predicted molar refractivity (Wildman–Crippen MR) is 111 cm³/mol. The van der Waals surface area contributed by atoms with Crippen molar-refractivity contribution in [2.75, 3.05) is 0 Å². The van der Waals surface area contributed by atoms with Crippen LogP contribution in [0.4, 0.5) is 0 Å². The van der Waals surface area contributed by atoms with Gasteiger partial charge >= 0.3 is 5.97 Å². The summed E-state index contributed by atoms with van der Waals surface area (Å²) in [5.74, 6) is -0.268. The lowest BCUT2D eigenvalue weighted by molar-refractivity contribution is -0.143. The van der Waals surface area contributed by atoms with Gasteiger partial charge in [-0.1, -0.05) is 41.6 Å². The monoisotopic (exact) mass is 418 g/mol. The number of thiophene rings is 1. The fraction of sp³-hybridized carbons (Fsp3) is 0.350. The Kier molecular flexibility index (Phi) is 5.66. The average Bonchev–Trinajstić information content (AvgIpc) is 3.06. The number of thioether (sulfide) groups is 1. The number of carbonyl (C=O) groups excluding carboxylic acids is 1. The summed E-state index contributed by atoms with van der Waals surface area (Å²) in [4.78, 5) is 23.8. The lowest BCUT2D eigenvalue weighted by Gasteiger charge is -2.14. The number of nitrogens with zero attached hydrogens (tertiary/aromatic N) is 2. The summed E-state index contributed by atoms with van der Waals surface area (Å²) in [7, 11) is 0. The summed E-state index contributed by atoms with van der Waals surface area (Å²) in [6.07, 6.45) is 6.22. The third-order valence-corrected chi connectivity index (χ3v) is 7.31. The highest BCUT2D eigenvalue weighted by Crippen LogP contribution is 2.40. The first-order valence-corrected chi connectivity index (χ1v) is 11.0. The van der Waals surface area contributed by atoms with Crippen LogP contribution < -0.4 is 0 Å². The quantitative estimate of drug-likeness (QED) is 0.313. The molecule has 0 fully saturated rings. The molecule has 3 aromatic rings. The van der Waals surface area contributed by atoms with Crippen molar-refractivity contribution in [2.24, 2.45) is 0 Å². The van der Waals surface area contributed by atoms with Gasteiger partial charge in [-0.3, -0.25) is 4.79 Å². The number of rotatable bonds is 5. The fourth-order valence-corrected chi connectivity index (χ4v) is 5.68. The molecule has 0 unspecified atom stereocenters. The first-order chi connectivity index (χ1) is 13.1. The minimum absolute atomic E-state index is 0.177. The lowest BCUT2D eigenvalue weighted by atomic mass is 9.97. The van der Waals surface area contributed by atoms with Crippen molar-refractivity contribution in [1.82, 2.24) is 9.97 Å². The van der Waals surface area contributed by atoms with Gasteiger partial charge in [0.25, 0.3) is 0 Å². The number of halogens is 1. The second kappa shape index (κ2) is 8.17. The fourth-order valence-electron chi connectivity index (χ4n) is 3.25. The molecule has 0 amide bonds. The molecule has 27 heavy (non-hydrogen) atoms. The van der Waals surface area contributed by atoms with E-state index in [-0.39, 0.29) is 17.8 Å². The molecule has 0 aliphatic heterocycles. The van der Waals surface area contributed by atoms with E-state index in [1.54, 1.807) is 23.7 Å². The Bertz CT molecular complexity index is 989. The number of aryl methyl sites for hydroxylation is 2. The normalized spacial score (nSPS) is 14.7. The van der Waals surface area contributed by atoms with E-state index in [0.717, 1.165) is 33.6 Å². The highest BCUT2D eigenvalue weighted by molar-refractivity contribution is 8.00. The van der Waals surface area contributed by atoms with Crippen molar-refractivity contribution in [1.29, 1.82) is 0 Å². The molecule has 7 heteroatoms. The number of aromatic nitrogens is 2. The summed E-state index contributed by atoms with van der Waals surface area (Å²) in [6, 6.07) is 7.39. The number of esters is 1. The summed E-state index contributed by atoms with van der Waals surface area (Å²) >= 11 is 9.33. The molecule has 4 rings (SSSR count). The van der Waals surface area contributed by atoms with Crippen molar-refractivity contribution >= 4 is 50.9 Å². The second-order valence-electron chi connectivity index (χ2n) is 6.53. The van der Waals surface area contributed by atoms with Crippen LogP contribution in [0.5, 0.6) is 0 Å². The van der Waals surface area contributed by atoms with E-state index < -0.39 is 0 Å². The zero-order chi connectivity index (χ0) is 18.8. The number of hydrogen-bond donors (Lipinski definition) is 0. The SMILES string of the molecule is C[C@@H](Sc1ncnc2sc3c(c12)CCCC3)C(=O)OCc1ccccc1Cl. The number of ether oxygens (including phenoxy) is 1. The van der Waals surface area contributed by atoms with E-state index in [9.17, 15) is 4.79 Å². The number of carbonyl (C=O) groups is 1. The van der Waals surface area contributed by atoms with Gasteiger partial charge in [-0.2, -0.15) is 0 Å². The molecule has 2 heterocycles. The number of hydrogen-bond acceptors (Lipinski definition) is 6. The van der Waals surface area contributed by atoms with E-state index in [2.05, 4.69) is 9.97 Å². The summed E-state index contributed by atoms with van der Waals surface area (Å²) in [5.41, 5.74) is 2.18. The smallest absolute Gasteiger partial charge is 0.319 e. The third kappa shape index (κ3) is 3.98. The van der Waals surface area contributed by atoms with Crippen LogP contribution >= 0.6 is 34.7 Å². The van der Waals surface area contributed by atoms with E-state index in [1.807, 2.05) is 25.1 Å². The first-order valence-electron chi connectivity index (χ1n) is 8.95. The van der Waals surface area contributed by atoms with Gasteiger partial charge in [-0.05, 0) is 44.2 Å². The van der Waals surface area contributed by atoms with Gasteiger partial charge in [0.1, 0.15) is 28.0 Å². The summed E-state index contributed by atoms with van der Waals surface area (Å²) < 4.78 is 5.46. The molecule has 0 bridgehead atoms. The Balaban J connectivity index is 1.49. The maximum atomic E-state index is 12.5. The van der Waals surface area contributed by atoms with Crippen LogP contribution in [0.3, 0.4) is 0 Å². The zero-order valence-electron chi connectivity index (χ0n) is 14.9. The largest absolute Gasteiger partial charge is 0.460 e. The molecule has 0 saturated carbocycles. The molecule has 1 aliphatic carbocycles. The minimum atomic E-state index is -0.357. The molecular weight excluding hydrogens is 400 g/mol. The third-order valence-electron chi connectivity index (χ3n) is 4.66. The van der Waals surface area contributed by atoms with Crippen LogP contribution in [-0.2, 0) is 29.0 Å². The van der Waals surface area contributed by atoms with Gasteiger partial charge in [0.15, 0.2) is 0 Å². The molecule has 1 aromatic carbocycles. The Morgan fingerprint density at radius 3 is 2.96 bits per heavy atom. The average molecular weight is 419 g/mol. The zero-order valence-corrected chi connectivity index (χ0v) is 17.3. The standard InChI is InChI=1S/C20H19ClN2O2S2/c1-12(20(24)25-10-13-6-2-4-8-15(13)21)26-18-17-14-7-3-5-9-16(14)27-19(17)23-11-22-18/h2,4,6,8,11-12H,3,5,7,9-10H2,1H3/t12-/m1/s1. The van der Waals surface area contributed by atoms with Crippen molar-refractivity contribution in [2.45, 2.75) is 49.5 Å². The Labute approximate surface area is 171 Å². The van der Waals surface area contributed by atoms with Crippen LogP contribution in [0.15, 0.2) is 35.6 Å². The van der Waals surface area contributed by atoms with Crippen LogP contribution in [0.2, 0.25) is 5.02 Å². The Morgan fingerprint density at radius 2 is 2.11 bits per heavy atom. The van der Waals surface area contributed by atoms with Gasteiger partial charge in [0.2, 0.25) is 0 Å². The molecule has 1 aliphatic rings. The van der Waals surface area contributed by atoms with Gasteiger partial charge in [-0.25, -0.2) is 9.97 Å². The lowest BCUT2D eigenvalue weighted by Crippen LogP contribution is -2.17. The molecule has 0 N–H and O–H groups in total. The Hall–Kier alpha value is -1.63. The maximum absolute atomic E-state index is 12.5. The molecule has 0 radical (unpaired) electrons. The van der Waals surface area contributed by atoms with E-state index in [0.29, 0.717) is 5.02 Å². The first kappa shape index (κ1) is 18.7. The molecule has 2 aromatic heterocycles. The van der Waals surface area contributed by atoms with Crippen LogP contribution in [-0.4, -0.2) is 21.2 Å². The van der Waals surface area contributed by atoms with Gasteiger partial charge in [0.05, 0.1) is 0 Å². The van der Waals surface area contributed by atoms with Crippen LogP contribution in [0.1, 0.15) is 35.8 Å². The van der Waals surface area contributed by atoms with Crippen molar-refractivity contribution in [3.63, 3.8) is 0 Å². The predicted octanol–water partition coefficient (Wildman–Crippen LogP) is 5.45. The number of fused-ring (bicyclic) bond motifs is 3. The van der Waals surface area contributed by atoms with Gasteiger partial charge in [0, 0.05) is 20.8 Å². The highest BCUT2D eigenvalue weighted by atomic mass is 35.5. The van der Waals surface area contributed by atoms with Crippen molar-refractivity contribution in [3.05, 3.63) is 51.6 Å². The molecular formula is C20H19ClN2O2S2. The second-order valence-corrected chi connectivity index (χ2v) is 9.35. The van der Waals surface area contributed by atoms with Gasteiger partial charge < -0.3 is 4.74 Å². The van der Waals surface area contributed by atoms with E-state index in [4.69, 9.17) is 16.3 Å². The topological polar surface area (TPSA) is 52.1 Å². The van der Waals surface area contributed by atoms with Gasteiger partial charge in [-0.15, -0.1) is 11.3 Å². The van der Waals surface area contributed by atoms with E-state index >= 15 is 0 Å². The van der Waals surface area contributed by atoms with Crippen LogP contribution in [0.25, 0.3) is 10.2 Å². The number of benzene rings is 1. The highest BCUT2D eigenvalue weighted by Gasteiger charge is 2.23. The molecule has 1 atom stereocenters. The molecule has 0 spiro atoms. The Morgan fingerprint density at radius 1 is 1.30 bits per heavy atom. The summed E-state index contributed by atoms with van der Waals surface area (Å²) in [5, 5.41) is 2.26.